The summed E-state index contributed by atoms with van der Waals surface area (Å²) in [5.41, 5.74) is 7.89. The van der Waals surface area contributed by atoms with Crippen molar-refractivity contribution >= 4 is 53.2 Å². The van der Waals surface area contributed by atoms with Gasteiger partial charge < -0.3 is 57.4 Å². The number of nitrogens with two attached hydrogens (primary N) is 1. The second-order valence-electron chi connectivity index (χ2n) is 15.3. The summed E-state index contributed by atoms with van der Waals surface area (Å²) in [6.45, 7) is 3.02. The number of nitrogens with zero attached hydrogens (tertiary/aromatic N) is 3. The standard InChI is InChI=1S/C40H57N11O9S/c1-23(2)14-29(34(53)50-32(20-52)37(56)48-30(15-24-8-5-4-6-9-24)35(54)46-28(40(59)60)11-13-61-3)47-36(55)31(17-26-19-43-22-45-26)49-38(57)33-10-7-12-51(33)39(58)27(41)16-25-18-42-21-44-25/h4-6,8-9,18-19,21-23,27-33,52H,7,10-17,20,41H2,1-3H3,(H,42,44)(H,43,45)(H,46,54)(H,47,55)(H,48,56)(H,49,57)(H,50,53)(H,59,60)/t27-,28-,29-,30-,31-,32-,33-/m0/s1. The molecular formula is C40H57N11O9S. The molecule has 0 unspecified atom stereocenters. The molecule has 0 aliphatic carbocycles. The number of aliphatic hydroxyl groups excluding tert-OH is 1. The largest absolute Gasteiger partial charge is 0.480 e. The average Bonchev–Trinajstić information content (AvgIpc) is 4.05. The minimum atomic E-state index is -1.58. The maximum Gasteiger partial charge on any atom is 0.326 e. The Morgan fingerprint density at radius 3 is 1.93 bits per heavy atom. The van der Waals surface area contributed by atoms with Gasteiger partial charge in [0.15, 0.2) is 0 Å². The SMILES string of the molecule is CSCC[C@H](NC(=O)[C@H](Cc1ccccc1)NC(=O)[C@H](CO)NC(=O)[C@H](CC(C)C)NC(=O)[C@H](Cc1c[nH]cn1)NC(=O)[C@@H]1CCCN1C(=O)[C@@H](N)Cc1c[nH]cn1)C(=O)O. The Hall–Kier alpha value is -5.80. The first-order valence-corrected chi connectivity index (χ1v) is 21.5. The van der Waals surface area contributed by atoms with E-state index in [0.29, 0.717) is 35.5 Å². The van der Waals surface area contributed by atoms with Crippen LogP contribution in [0.25, 0.3) is 0 Å². The fourth-order valence-electron chi connectivity index (χ4n) is 6.86. The molecule has 3 aromatic rings. The number of aliphatic carboxylic acids is 1. The Morgan fingerprint density at radius 2 is 1.36 bits per heavy atom. The van der Waals surface area contributed by atoms with Crippen LogP contribution in [-0.2, 0) is 52.8 Å². The maximum absolute atomic E-state index is 14.0. The van der Waals surface area contributed by atoms with Crippen LogP contribution in [0.5, 0.6) is 0 Å². The van der Waals surface area contributed by atoms with Crippen LogP contribution in [0.1, 0.15) is 56.5 Å². The summed E-state index contributed by atoms with van der Waals surface area (Å²) in [4.78, 5) is 109. The molecule has 2 aromatic heterocycles. The van der Waals surface area contributed by atoms with E-state index in [4.69, 9.17) is 5.73 Å². The zero-order valence-corrected chi connectivity index (χ0v) is 35.3. The molecule has 1 aliphatic heterocycles. The molecule has 7 atom stereocenters. The lowest BCUT2D eigenvalue weighted by Crippen LogP contribution is -2.61. The van der Waals surface area contributed by atoms with Crippen molar-refractivity contribution < 1.29 is 43.8 Å². The van der Waals surface area contributed by atoms with E-state index in [1.165, 1.54) is 29.3 Å². The molecule has 20 nitrogen and oxygen atoms in total. The number of carboxylic acid groups (broad SMARTS) is 1. The van der Waals surface area contributed by atoms with Crippen molar-refractivity contribution in [3.8, 4) is 0 Å². The minimum Gasteiger partial charge on any atom is -0.480 e. The highest BCUT2D eigenvalue weighted by molar-refractivity contribution is 7.98. The fraction of sp³-hybridized carbons (Fsp3) is 0.525. The van der Waals surface area contributed by atoms with E-state index >= 15 is 0 Å². The van der Waals surface area contributed by atoms with Crippen LogP contribution in [0.15, 0.2) is 55.4 Å². The molecule has 0 saturated carbocycles. The summed E-state index contributed by atoms with van der Waals surface area (Å²) in [7, 11) is 0. The van der Waals surface area contributed by atoms with Gasteiger partial charge in [0.1, 0.15) is 36.3 Å². The van der Waals surface area contributed by atoms with Gasteiger partial charge in [-0.15, -0.1) is 0 Å². The number of benzene rings is 1. The van der Waals surface area contributed by atoms with Crippen molar-refractivity contribution in [2.45, 2.75) is 101 Å². The number of H-pyrrole nitrogens is 2. The van der Waals surface area contributed by atoms with Gasteiger partial charge in [0.05, 0.1) is 36.7 Å². The Kier molecular flexibility index (Phi) is 18.7. The Balaban J connectivity index is 1.47. The maximum atomic E-state index is 14.0. The summed E-state index contributed by atoms with van der Waals surface area (Å²) in [5, 5.41) is 33.0. The number of hydrogen-bond donors (Lipinski definition) is 10. The molecule has 21 heteroatoms. The molecule has 0 radical (unpaired) electrons. The van der Waals surface area contributed by atoms with Crippen molar-refractivity contribution in [3.63, 3.8) is 0 Å². The molecule has 332 valence electrons. The number of hydrogen-bond acceptors (Lipinski definition) is 12. The third kappa shape index (κ3) is 14.7. The molecule has 1 aliphatic rings. The molecule has 3 heterocycles. The Bertz CT molecular complexity index is 1900. The fourth-order valence-corrected chi connectivity index (χ4v) is 7.33. The Morgan fingerprint density at radius 1 is 0.803 bits per heavy atom. The minimum absolute atomic E-state index is 0.0286. The zero-order chi connectivity index (χ0) is 44.5. The van der Waals surface area contributed by atoms with E-state index in [1.807, 2.05) is 13.8 Å². The predicted octanol–water partition coefficient (Wildman–Crippen LogP) is -1.22. The van der Waals surface area contributed by atoms with E-state index in [1.54, 1.807) is 49.0 Å². The highest BCUT2D eigenvalue weighted by Crippen LogP contribution is 2.20. The monoisotopic (exact) mass is 867 g/mol. The average molecular weight is 868 g/mol. The van der Waals surface area contributed by atoms with Gasteiger partial charge in [-0.05, 0) is 49.2 Å². The number of aromatic nitrogens is 4. The second-order valence-corrected chi connectivity index (χ2v) is 16.2. The van der Waals surface area contributed by atoms with Crippen molar-refractivity contribution in [1.82, 2.24) is 51.4 Å². The molecule has 1 saturated heterocycles. The summed E-state index contributed by atoms with van der Waals surface area (Å²) in [5.74, 6) is -5.25. The number of imidazole rings is 2. The van der Waals surface area contributed by atoms with E-state index < -0.39 is 90.3 Å². The first kappa shape index (κ1) is 47.9. The lowest BCUT2D eigenvalue weighted by molar-refractivity contribution is -0.142. The number of carbonyl (C=O) groups excluding carboxylic acids is 6. The molecule has 11 N–H and O–H groups in total. The van der Waals surface area contributed by atoms with Gasteiger partial charge >= 0.3 is 5.97 Å². The van der Waals surface area contributed by atoms with Gasteiger partial charge in [0.25, 0.3) is 0 Å². The van der Waals surface area contributed by atoms with Crippen molar-refractivity contribution in [1.29, 1.82) is 0 Å². The van der Waals surface area contributed by atoms with Crippen LogP contribution < -0.4 is 32.3 Å². The smallest absolute Gasteiger partial charge is 0.326 e. The Labute approximate surface area is 357 Å². The molecule has 6 amide bonds. The third-order valence-corrected chi connectivity index (χ3v) is 10.7. The molecular weight excluding hydrogens is 811 g/mol. The third-order valence-electron chi connectivity index (χ3n) is 10.0. The van der Waals surface area contributed by atoms with Gasteiger partial charge in [-0.1, -0.05) is 44.2 Å². The number of amides is 6. The number of carboxylic acids is 1. The molecule has 61 heavy (non-hydrogen) atoms. The van der Waals surface area contributed by atoms with Gasteiger partial charge in [-0.2, -0.15) is 11.8 Å². The van der Waals surface area contributed by atoms with E-state index in [-0.39, 0.29) is 44.6 Å². The van der Waals surface area contributed by atoms with Crippen molar-refractivity contribution in [2.75, 3.05) is 25.2 Å². The summed E-state index contributed by atoms with van der Waals surface area (Å²) < 4.78 is 0. The van der Waals surface area contributed by atoms with Crippen molar-refractivity contribution in [3.05, 3.63) is 72.3 Å². The lowest BCUT2D eigenvalue weighted by Gasteiger charge is -2.29. The van der Waals surface area contributed by atoms with Crippen LogP contribution in [0.2, 0.25) is 0 Å². The highest BCUT2D eigenvalue weighted by Gasteiger charge is 2.39. The number of nitrogens with one attached hydrogen (secondary N) is 7. The van der Waals surface area contributed by atoms with Crippen LogP contribution in [-0.4, -0.2) is 144 Å². The van der Waals surface area contributed by atoms with Gasteiger partial charge in [-0.3, -0.25) is 28.8 Å². The number of aromatic amines is 2. The first-order chi connectivity index (χ1) is 29.2. The van der Waals surface area contributed by atoms with E-state index in [0.717, 1.165) is 0 Å². The van der Waals surface area contributed by atoms with E-state index in [9.17, 15) is 43.8 Å². The van der Waals surface area contributed by atoms with Crippen molar-refractivity contribution in [2.24, 2.45) is 11.7 Å². The molecule has 1 aromatic carbocycles. The molecule has 0 spiro atoms. The summed E-state index contributed by atoms with van der Waals surface area (Å²) in [6, 6.07) is 0.230. The summed E-state index contributed by atoms with van der Waals surface area (Å²) >= 11 is 1.41. The number of thioether (sulfide) groups is 1. The van der Waals surface area contributed by atoms with E-state index in [2.05, 4.69) is 46.5 Å². The first-order valence-electron chi connectivity index (χ1n) is 20.1. The lowest BCUT2D eigenvalue weighted by atomic mass is 10.0. The quantitative estimate of drug-likeness (QED) is 0.0506. The van der Waals surface area contributed by atoms with Crippen LogP contribution in [0.4, 0.5) is 0 Å². The predicted molar refractivity (Wildman–Crippen MR) is 224 cm³/mol. The van der Waals surface area contributed by atoms with Gasteiger partial charge in [0, 0.05) is 38.2 Å². The second kappa shape index (κ2) is 23.8. The number of carbonyl (C=O) groups is 7. The van der Waals surface area contributed by atoms with Gasteiger partial charge in [-0.25, -0.2) is 14.8 Å². The zero-order valence-electron chi connectivity index (χ0n) is 34.5. The van der Waals surface area contributed by atoms with Gasteiger partial charge in [0.2, 0.25) is 35.4 Å². The van der Waals surface area contributed by atoms with Crippen LogP contribution in [0.3, 0.4) is 0 Å². The number of aliphatic hydroxyl groups is 1. The normalized spacial score (nSPS) is 16.7. The summed E-state index contributed by atoms with van der Waals surface area (Å²) in [6.07, 6.45) is 9.00. The number of likely N-dealkylation sites (tertiary alicyclic amines) is 1. The van der Waals surface area contributed by atoms with Crippen LogP contribution >= 0.6 is 11.8 Å². The molecule has 1 fully saturated rings. The molecule has 0 bridgehead atoms. The van der Waals surface area contributed by atoms with Crippen LogP contribution in [0, 0.1) is 5.92 Å². The highest BCUT2D eigenvalue weighted by atomic mass is 32.2. The number of rotatable bonds is 24. The molecule has 4 rings (SSSR count). The topological polar surface area (TPSA) is 307 Å².